The van der Waals surface area contributed by atoms with Gasteiger partial charge in [-0.2, -0.15) is 13.2 Å². The number of imidazole rings is 1. The zero-order chi connectivity index (χ0) is 22.9. The lowest BCUT2D eigenvalue weighted by atomic mass is 10.0. The highest BCUT2D eigenvalue weighted by Crippen LogP contribution is 2.36. The van der Waals surface area contributed by atoms with Gasteiger partial charge in [0.1, 0.15) is 5.82 Å². The number of aromatic amines is 1. The Bertz CT molecular complexity index is 1290. The minimum Gasteiger partial charge on any atom is -0.344 e. The van der Waals surface area contributed by atoms with Crippen molar-refractivity contribution in [2.24, 2.45) is 0 Å². The van der Waals surface area contributed by atoms with E-state index >= 15 is 0 Å². The number of aryl methyl sites for hydroxylation is 1. The molecule has 2 N–H and O–H groups in total. The van der Waals surface area contributed by atoms with Crippen LogP contribution in [0, 0.1) is 6.92 Å². The number of anilines is 1. The monoisotopic (exact) mass is 456 g/mol. The number of amides is 1. The van der Waals surface area contributed by atoms with Gasteiger partial charge in [-0.3, -0.25) is 9.78 Å². The van der Waals surface area contributed by atoms with E-state index in [-0.39, 0.29) is 11.3 Å². The first-order valence-electron chi connectivity index (χ1n) is 9.47. The normalized spacial score (nSPS) is 11.4. The second kappa shape index (κ2) is 8.47. The van der Waals surface area contributed by atoms with Gasteiger partial charge >= 0.3 is 6.18 Å². The lowest BCUT2D eigenvalue weighted by molar-refractivity contribution is -0.137. The lowest BCUT2D eigenvalue weighted by Crippen LogP contribution is -2.13. The molecule has 0 saturated heterocycles. The van der Waals surface area contributed by atoms with E-state index in [4.69, 9.17) is 11.6 Å². The largest absolute Gasteiger partial charge is 0.417 e. The molecule has 0 aliphatic carbocycles. The predicted molar refractivity (Wildman–Crippen MR) is 116 cm³/mol. The topological polar surface area (TPSA) is 70.7 Å². The van der Waals surface area contributed by atoms with Gasteiger partial charge in [0.05, 0.1) is 16.3 Å². The van der Waals surface area contributed by atoms with Crippen LogP contribution in [0.25, 0.3) is 22.6 Å². The van der Waals surface area contributed by atoms with Crippen LogP contribution in [0.15, 0.2) is 67.1 Å². The highest BCUT2D eigenvalue weighted by molar-refractivity contribution is 6.31. The van der Waals surface area contributed by atoms with Crippen LogP contribution < -0.4 is 5.32 Å². The number of aromatic nitrogens is 3. The Labute approximate surface area is 186 Å². The number of hydrogen-bond acceptors (Lipinski definition) is 3. The first kappa shape index (κ1) is 21.6. The predicted octanol–water partition coefficient (Wildman–Crippen LogP) is 6.37. The van der Waals surface area contributed by atoms with Crippen LogP contribution in [0.4, 0.5) is 18.9 Å². The van der Waals surface area contributed by atoms with E-state index in [1.165, 1.54) is 6.07 Å². The van der Waals surface area contributed by atoms with Crippen LogP contribution in [0.2, 0.25) is 5.02 Å². The molecule has 0 aliphatic rings. The van der Waals surface area contributed by atoms with E-state index in [0.717, 1.165) is 28.8 Å². The number of pyridine rings is 1. The molecule has 0 unspecified atom stereocenters. The maximum absolute atomic E-state index is 13.1. The highest BCUT2D eigenvalue weighted by atomic mass is 35.5. The summed E-state index contributed by atoms with van der Waals surface area (Å²) >= 11 is 5.64. The first-order chi connectivity index (χ1) is 15.2. The van der Waals surface area contributed by atoms with E-state index in [2.05, 4.69) is 20.3 Å². The van der Waals surface area contributed by atoms with Gasteiger partial charge < -0.3 is 10.3 Å². The van der Waals surface area contributed by atoms with Gasteiger partial charge in [0.15, 0.2) is 0 Å². The summed E-state index contributed by atoms with van der Waals surface area (Å²) in [5.74, 6) is 0.0768. The molecule has 0 bridgehead atoms. The maximum atomic E-state index is 13.1. The quantitative estimate of drug-likeness (QED) is 0.374. The summed E-state index contributed by atoms with van der Waals surface area (Å²) in [5, 5.41) is 2.06. The van der Waals surface area contributed by atoms with E-state index in [9.17, 15) is 18.0 Å². The zero-order valence-corrected chi connectivity index (χ0v) is 17.4. The summed E-state index contributed by atoms with van der Waals surface area (Å²) in [6, 6.07) is 11.9. The minimum absolute atomic E-state index is 0.00696. The summed E-state index contributed by atoms with van der Waals surface area (Å²) in [4.78, 5) is 24.5. The molecule has 4 rings (SSSR count). The number of carbonyl (C=O) groups excluding carboxylic acids is 1. The minimum atomic E-state index is -4.62. The average Bonchev–Trinajstić information content (AvgIpc) is 3.25. The third-order valence-corrected chi connectivity index (χ3v) is 5.15. The number of alkyl halides is 3. The maximum Gasteiger partial charge on any atom is 0.417 e. The molecule has 4 aromatic rings. The standard InChI is InChI=1S/C23H16ClF3N4O/c1-13-4-5-14(22(32)30-16-6-7-19(24)18(10-16)23(25,26)27)9-17(13)20-12-29-21(31-20)15-3-2-8-28-11-15/h2-12H,1H3,(H,29,31)(H,30,32). The number of nitrogens with zero attached hydrogens (tertiary/aromatic N) is 2. The van der Waals surface area contributed by atoms with E-state index in [0.29, 0.717) is 11.5 Å². The SMILES string of the molecule is Cc1ccc(C(=O)Nc2ccc(Cl)c(C(F)(F)F)c2)cc1-c1c[nH]c(-c2cccnc2)n1. The molecule has 0 aliphatic heterocycles. The number of hydrogen-bond donors (Lipinski definition) is 2. The molecule has 162 valence electrons. The molecule has 0 spiro atoms. The number of benzene rings is 2. The molecule has 9 heteroatoms. The second-order valence-electron chi connectivity index (χ2n) is 7.05. The van der Waals surface area contributed by atoms with Crippen LogP contribution in [0.1, 0.15) is 21.5 Å². The molecule has 2 aromatic heterocycles. The number of carbonyl (C=O) groups is 1. The fourth-order valence-corrected chi connectivity index (χ4v) is 3.40. The molecule has 0 radical (unpaired) electrons. The van der Waals surface area contributed by atoms with Crippen molar-refractivity contribution in [3.05, 3.63) is 88.8 Å². The summed E-state index contributed by atoms with van der Waals surface area (Å²) in [6.45, 7) is 1.88. The third kappa shape index (κ3) is 4.50. The molecule has 32 heavy (non-hydrogen) atoms. The first-order valence-corrected chi connectivity index (χ1v) is 9.85. The van der Waals surface area contributed by atoms with Crippen molar-refractivity contribution in [1.82, 2.24) is 15.0 Å². The van der Waals surface area contributed by atoms with Crippen LogP contribution >= 0.6 is 11.6 Å². The average molecular weight is 457 g/mol. The van der Waals surface area contributed by atoms with E-state index in [1.54, 1.807) is 42.9 Å². The molecular formula is C23H16ClF3N4O. The van der Waals surface area contributed by atoms with Gasteiger partial charge in [-0.25, -0.2) is 4.98 Å². The van der Waals surface area contributed by atoms with Crippen LogP contribution in [-0.2, 0) is 6.18 Å². The Morgan fingerprint density at radius 2 is 1.94 bits per heavy atom. The summed E-state index contributed by atoms with van der Waals surface area (Å²) in [5.41, 5.74) is 2.30. The van der Waals surface area contributed by atoms with Gasteiger partial charge in [0, 0.05) is 41.0 Å². The Morgan fingerprint density at radius 1 is 1.12 bits per heavy atom. The van der Waals surface area contributed by atoms with Crippen molar-refractivity contribution in [2.75, 3.05) is 5.32 Å². The van der Waals surface area contributed by atoms with Crippen molar-refractivity contribution in [1.29, 1.82) is 0 Å². The summed E-state index contributed by atoms with van der Waals surface area (Å²) < 4.78 is 39.3. The fourth-order valence-electron chi connectivity index (χ4n) is 3.17. The Hall–Kier alpha value is -3.65. The molecule has 1 amide bonds. The van der Waals surface area contributed by atoms with Crippen molar-refractivity contribution >= 4 is 23.2 Å². The van der Waals surface area contributed by atoms with Crippen molar-refractivity contribution < 1.29 is 18.0 Å². The summed E-state index contributed by atoms with van der Waals surface area (Å²) in [6.07, 6.45) is 0.445. The Balaban J connectivity index is 1.61. The molecule has 0 fully saturated rings. The van der Waals surface area contributed by atoms with Gasteiger partial charge in [0.2, 0.25) is 0 Å². The van der Waals surface area contributed by atoms with Gasteiger partial charge in [-0.05, 0) is 55.0 Å². The second-order valence-corrected chi connectivity index (χ2v) is 7.46. The highest BCUT2D eigenvalue weighted by Gasteiger charge is 2.33. The van der Waals surface area contributed by atoms with Gasteiger partial charge in [0.25, 0.3) is 5.91 Å². The summed E-state index contributed by atoms with van der Waals surface area (Å²) in [7, 11) is 0. The van der Waals surface area contributed by atoms with Crippen molar-refractivity contribution in [3.63, 3.8) is 0 Å². The Morgan fingerprint density at radius 3 is 2.66 bits per heavy atom. The number of halogens is 4. The van der Waals surface area contributed by atoms with Crippen LogP contribution in [0.3, 0.4) is 0 Å². The molecule has 2 heterocycles. The van der Waals surface area contributed by atoms with Crippen LogP contribution in [0.5, 0.6) is 0 Å². The molecule has 5 nitrogen and oxygen atoms in total. The number of rotatable bonds is 4. The lowest BCUT2D eigenvalue weighted by Gasteiger charge is -2.12. The van der Waals surface area contributed by atoms with Gasteiger partial charge in [-0.1, -0.05) is 17.7 Å². The van der Waals surface area contributed by atoms with Gasteiger partial charge in [-0.15, -0.1) is 0 Å². The number of H-pyrrole nitrogens is 1. The molecule has 0 atom stereocenters. The zero-order valence-electron chi connectivity index (χ0n) is 16.7. The Kier molecular flexibility index (Phi) is 5.71. The van der Waals surface area contributed by atoms with Crippen molar-refractivity contribution in [3.8, 4) is 22.6 Å². The fraction of sp³-hybridized carbons (Fsp3) is 0.0870. The van der Waals surface area contributed by atoms with Crippen molar-refractivity contribution in [2.45, 2.75) is 13.1 Å². The molecular weight excluding hydrogens is 441 g/mol. The van der Waals surface area contributed by atoms with E-state index in [1.807, 2.05) is 13.0 Å². The number of nitrogens with one attached hydrogen (secondary N) is 2. The van der Waals surface area contributed by atoms with E-state index < -0.39 is 22.7 Å². The third-order valence-electron chi connectivity index (χ3n) is 4.82. The molecule has 2 aromatic carbocycles. The van der Waals surface area contributed by atoms with Crippen LogP contribution in [-0.4, -0.2) is 20.9 Å². The molecule has 0 saturated carbocycles. The smallest absolute Gasteiger partial charge is 0.344 e.